The van der Waals surface area contributed by atoms with E-state index in [0.717, 1.165) is 11.3 Å². The maximum Gasteiger partial charge on any atom is 0.159 e. The highest BCUT2D eigenvalue weighted by Gasteiger charge is 2.05. The lowest BCUT2D eigenvalue weighted by Crippen LogP contribution is -2.22. The average Bonchev–Trinajstić information content (AvgIpc) is 2.35. The first-order chi connectivity index (χ1) is 9.04. The van der Waals surface area contributed by atoms with Crippen molar-refractivity contribution in [2.45, 2.75) is 26.4 Å². The third-order valence-corrected chi connectivity index (χ3v) is 2.96. The van der Waals surface area contributed by atoms with E-state index in [-0.39, 0.29) is 0 Å². The van der Waals surface area contributed by atoms with Crippen LogP contribution in [-0.4, -0.2) is 16.0 Å². The van der Waals surface area contributed by atoms with E-state index >= 15 is 0 Å². The van der Waals surface area contributed by atoms with Gasteiger partial charge in [0.2, 0.25) is 0 Å². The third-order valence-electron chi connectivity index (χ3n) is 2.53. The molecule has 0 radical (unpaired) electrons. The molecule has 0 saturated carbocycles. The number of aromatic nitrogens is 2. The predicted octanol–water partition coefficient (Wildman–Crippen LogP) is 3.95. The molecule has 100 valence electrons. The summed E-state index contributed by atoms with van der Waals surface area (Å²) in [7, 11) is 0. The minimum Gasteiger partial charge on any atom is -0.309 e. The van der Waals surface area contributed by atoms with Crippen molar-refractivity contribution in [3.8, 4) is 11.4 Å². The monoisotopic (exact) mass is 295 g/mol. The summed E-state index contributed by atoms with van der Waals surface area (Å²) in [5, 5.41) is 4.48. The van der Waals surface area contributed by atoms with E-state index in [4.69, 9.17) is 23.2 Å². The highest BCUT2D eigenvalue weighted by atomic mass is 35.5. The van der Waals surface area contributed by atoms with E-state index in [0.29, 0.717) is 28.5 Å². The molecule has 0 amide bonds. The van der Waals surface area contributed by atoms with E-state index in [1.807, 2.05) is 18.2 Å². The summed E-state index contributed by atoms with van der Waals surface area (Å²) in [4.78, 5) is 8.77. The second kappa shape index (κ2) is 6.33. The summed E-state index contributed by atoms with van der Waals surface area (Å²) in [5.74, 6) is 0.632. The molecule has 0 saturated heterocycles. The number of halogens is 2. The molecular formula is C14H15Cl2N3. The van der Waals surface area contributed by atoms with Gasteiger partial charge in [-0.25, -0.2) is 9.97 Å². The number of rotatable bonds is 4. The first-order valence-electron chi connectivity index (χ1n) is 6.06. The van der Waals surface area contributed by atoms with Crippen LogP contribution in [0.1, 0.15) is 19.5 Å². The molecule has 0 unspecified atom stereocenters. The fourth-order valence-electron chi connectivity index (χ4n) is 1.63. The van der Waals surface area contributed by atoms with Crippen LogP contribution in [0.2, 0.25) is 10.0 Å². The maximum absolute atomic E-state index is 5.99. The largest absolute Gasteiger partial charge is 0.309 e. The van der Waals surface area contributed by atoms with Gasteiger partial charge in [-0.2, -0.15) is 0 Å². The summed E-state index contributed by atoms with van der Waals surface area (Å²) in [6.45, 7) is 4.90. The van der Waals surface area contributed by atoms with E-state index in [9.17, 15) is 0 Å². The second-order valence-corrected chi connectivity index (χ2v) is 5.44. The molecule has 0 aliphatic heterocycles. The van der Waals surface area contributed by atoms with Gasteiger partial charge in [0, 0.05) is 34.4 Å². The number of hydrogen-bond acceptors (Lipinski definition) is 3. The SMILES string of the molecule is CC(C)NCc1ccnc(-c2cc(Cl)cc(Cl)c2)n1. The summed E-state index contributed by atoms with van der Waals surface area (Å²) in [5.41, 5.74) is 1.76. The molecule has 0 atom stereocenters. The Hall–Kier alpha value is -1.16. The summed E-state index contributed by atoms with van der Waals surface area (Å²) in [6, 6.07) is 7.62. The molecule has 2 rings (SSSR count). The Bertz CT molecular complexity index is 550. The molecule has 0 fully saturated rings. The lowest BCUT2D eigenvalue weighted by Gasteiger charge is -2.08. The average molecular weight is 296 g/mol. The normalized spacial score (nSPS) is 11.0. The smallest absolute Gasteiger partial charge is 0.159 e. The van der Waals surface area contributed by atoms with Crippen LogP contribution in [0.25, 0.3) is 11.4 Å². The molecule has 1 N–H and O–H groups in total. The number of nitrogens with one attached hydrogen (secondary N) is 1. The zero-order chi connectivity index (χ0) is 13.8. The molecule has 0 aliphatic rings. The Morgan fingerprint density at radius 2 is 1.84 bits per heavy atom. The van der Waals surface area contributed by atoms with Gasteiger partial charge in [-0.3, -0.25) is 0 Å². The van der Waals surface area contributed by atoms with Crippen LogP contribution in [0.3, 0.4) is 0 Å². The molecule has 0 aliphatic carbocycles. The Morgan fingerprint density at radius 3 is 2.47 bits per heavy atom. The van der Waals surface area contributed by atoms with E-state index in [1.165, 1.54) is 0 Å². The van der Waals surface area contributed by atoms with Crippen LogP contribution in [0, 0.1) is 0 Å². The molecule has 0 bridgehead atoms. The molecule has 0 spiro atoms. The van der Waals surface area contributed by atoms with Crippen molar-refractivity contribution in [1.82, 2.24) is 15.3 Å². The number of nitrogens with zero attached hydrogens (tertiary/aromatic N) is 2. The predicted molar refractivity (Wildman–Crippen MR) is 79.5 cm³/mol. The van der Waals surface area contributed by atoms with Gasteiger partial charge in [0.1, 0.15) is 0 Å². The summed E-state index contributed by atoms with van der Waals surface area (Å²) < 4.78 is 0. The van der Waals surface area contributed by atoms with E-state index in [1.54, 1.807) is 12.3 Å². The molecule has 19 heavy (non-hydrogen) atoms. The Labute approximate surface area is 123 Å². The molecule has 1 heterocycles. The maximum atomic E-state index is 5.99. The molecule has 3 nitrogen and oxygen atoms in total. The van der Waals surface area contributed by atoms with Crippen LogP contribution in [0.15, 0.2) is 30.5 Å². The van der Waals surface area contributed by atoms with Gasteiger partial charge in [-0.05, 0) is 24.3 Å². The number of hydrogen-bond donors (Lipinski definition) is 1. The van der Waals surface area contributed by atoms with Gasteiger partial charge in [-0.15, -0.1) is 0 Å². The van der Waals surface area contributed by atoms with Crippen molar-refractivity contribution in [2.24, 2.45) is 0 Å². The second-order valence-electron chi connectivity index (χ2n) is 4.57. The van der Waals surface area contributed by atoms with Crippen molar-refractivity contribution in [3.63, 3.8) is 0 Å². The van der Waals surface area contributed by atoms with Gasteiger partial charge in [-0.1, -0.05) is 37.0 Å². The Kier molecular flexibility index (Phi) is 4.75. The molecule has 1 aromatic heterocycles. The quantitative estimate of drug-likeness (QED) is 0.928. The van der Waals surface area contributed by atoms with Crippen molar-refractivity contribution < 1.29 is 0 Å². The van der Waals surface area contributed by atoms with Gasteiger partial charge in [0.25, 0.3) is 0 Å². The van der Waals surface area contributed by atoms with Gasteiger partial charge < -0.3 is 5.32 Å². The Morgan fingerprint density at radius 1 is 1.16 bits per heavy atom. The van der Waals surface area contributed by atoms with Gasteiger partial charge in [0.05, 0.1) is 5.69 Å². The molecule has 5 heteroatoms. The highest BCUT2D eigenvalue weighted by Crippen LogP contribution is 2.24. The summed E-state index contributed by atoms with van der Waals surface area (Å²) >= 11 is 12.0. The van der Waals surface area contributed by atoms with Crippen LogP contribution in [0.5, 0.6) is 0 Å². The molecule has 1 aromatic carbocycles. The van der Waals surface area contributed by atoms with E-state index < -0.39 is 0 Å². The standard InChI is InChI=1S/C14H15Cl2N3/c1-9(2)18-8-13-3-4-17-14(19-13)10-5-11(15)7-12(16)6-10/h3-7,9,18H,8H2,1-2H3. The molecular weight excluding hydrogens is 281 g/mol. The minimum absolute atomic E-state index is 0.416. The zero-order valence-electron chi connectivity index (χ0n) is 10.8. The van der Waals surface area contributed by atoms with Crippen molar-refractivity contribution >= 4 is 23.2 Å². The summed E-state index contributed by atoms with van der Waals surface area (Å²) in [6.07, 6.45) is 1.74. The van der Waals surface area contributed by atoms with Gasteiger partial charge >= 0.3 is 0 Å². The topological polar surface area (TPSA) is 37.8 Å². The van der Waals surface area contributed by atoms with Crippen molar-refractivity contribution in [2.75, 3.05) is 0 Å². The fraction of sp³-hybridized carbons (Fsp3) is 0.286. The van der Waals surface area contributed by atoms with Crippen LogP contribution >= 0.6 is 23.2 Å². The van der Waals surface area contributed by atoms with Crippen LogP contribution < -0.4 is 5.32 Å². The first-order valence-corrected chi connectivity index (χ1v) is 6.82. The highest BCUT2D eigenvalue weighted by molar-refractivity contribution is 6.35. The van der Waals surface area contributed by atoms with Crippen LogP contribution in [-0.2, 0) is 6.54 Å². The van der Waals surface area contributed by atoms with E-state index in [2.05, 4.69) is 29.1 Å². The number of benzene rings is 1. The first kappa shape index (κ1) is 14.3. The van der Waals surface area contributed by atoms with Crippen molar-refractivity contribution in [1.29, 1.82) is 0 Å². The zero-order valence-corrected chi connectivity index (χ0v) is 12.3. The molecule has 2 aromatic rings. The Balaban J connectivity index is 2.27. The third kappa shape index (κ3) is 4.16. The fourth-order valence-corrected chi connectivity index (χ4v) is 2.15. The van der Waals surface area contributed by atoms with Crippen LogP contribution in [0.4, 0.5) is 0 Å². The minimum atomic E-state index is 0.416. The van der Waals surface area contributed by atoms with Gasteiger partial charge in [0.15, 0.2) is 5.82 Å². The van der Waals surface area contributed by atoms with Crippen molar-refractivity contribution in [3.05, 3.63) is 46.2 Å². The lowest BCUT2D eigenvalue weighted by atomic mass is 10.2. The lowest BCUT2D eigenvalue weighted by molar-refractivity contribution is 0.581.